The van der Waals surface area contributed by atoms with E-state index in [0.717, 1.165) is 25.3 Å². The summed E-state index contributed by atoms with van der Waals surface area (Å²) < 4.78 is 24.9. The van der Waals surface area contributed by atoms with E-state index in [1.165, 1.54) is 6.08 Å². The lowest BCUT2D eigenvalue weighted by molar-refractivity contribution is -0.149. The third kappa shape index (κ3) is 8.33. The van der Waals surface area contributed by atoms with Crippen molar-refractivity contribution in [3.8, 4) is 0 Å². The Labute approximate surface area is 161 Å². The molecule has 0 saturated heterocycles. The summed E-state index contributed by atoms with van der Waals surface area (Å²) in [5, 5.41) is 0. The normalized spacial score (nSPS) is 16.6. The van der Waals surface area contributed by atoms with Crippen molar-refractivity contribution in [2.45, 2.75) is 104 Å². The molecule has 0 amide bonds. The van der Waals surface area contributed by atoms with E-state index in [0.29, 0.717) is 12.8 Å². The molecule has 5 nitrogen and oxygen atoms in total. The van der Waals surface area contributed by atoms with Gasteiger partial charge in [0.15, 0.2) is 0 Å². The third-order valence-corrected chi connectivity index (χ3v) is 8.15. The Morgan fingerprint density at radius 3 is 1.88 bits per heavy atom. The first-order valence-corrected chi connectivity index (χ1v) is 12.0. The molecule has 0 aromatic carbocycles. The van der Waals surface area contributed by atoms with E-state index in [4.69, 9.17) is 18.0 Å². The SMILES string of the molecule is C=CC(=O)OCC(CC)(CC)O[Si](CCC)(OC(C)CC)OC(C)CC. The van der Waals surface area contributed by atoms with Crippen LogP contribution < -0.4 is 0 Å². The maximum Gasteiger partial charge on any atom is 0.501 e. The van der Waals surface area contributed by atoms with E-state index in [1.54, 1.807) is 0 Å². The molecule has 0 aliphatic carbocycles. The molecule has 2 unspecified atom stereocenters. The molecule has 6 heteroatoms. The quantitative estimate of drug-likeness (QED) is 0.217. The molecule has 154 valence electrons. The lowest BCUT2D eigenvalue weighted by Gasteiger charge is -2.42. The van der Waals surface area contributed by atoms with Gasteiger partial charge in [-0.2, -0.15) is 0 Å². The van der Waals surface area contributed by atoms with Crippen molar-refractivity contribution in [2.24, 2.45) is 0 Å². The summed E-state index contributed by atoms with van der Waals surface area (Å²) in [6.07, 6.45) is 5.40. The molecule has 0 N–H and O–H groups in total. The number of rotatable bonds is 15. The molecule has 0 aliphatic heterocycles. The van der Waals surface area contributed by atoms with E-state index in [2.05, 4.69) is 41.2 Å². The standard InChI is InChI=1S/C20H40O5Si/c1-9-15-26(23-17(7)10-2,24-18(8)11-3)25-20(13-5,14-6)16-22-19(21)12-4/h12,17-18H,4,9-11,13-16H2,1-3,5-8H3. The van der Waals surface area contributed by atoms with Crippen LogP contribution in [0.3, 0.4) is 0 Å². The van der Waals surface area contributed by atoms with Crippen LogP contribution in [0.15, 0.2) is 12.7 Å². The Morgan fingerprint density at radius 1 is 1.04 bits per heavy atom. The van der Waals surface area contributed by atoms with E-state index in [1.807, 2.05) is 13.8 Å². The zero-order chi connectivity index (χ0) is 20.2. The summed E-state index contributed by atoms with van der Waals surface area (Å²) >= 11 is 0. The second-order valence-electron chi connectivity index (χ2n) is 6.91. The average molecular weight is 389 g/mol. The summed E-state index contributed by atoms with van der Waals surface area (Å²) in [6, 6.07) is 0.749. The summed E-state index contributed by atoms with van der Waals surface area (Å²) in [5.74, 6) is -0.437. The summed E-state index contributed by atoms with van der Waals surface area (Å²) in [4.78, 5) is 11.6. The molecule has 0 rings (SSSR count). The van der Waals surface area contributed by atoms with Crippen LogP contribution in [-0.2, 0) is 22.8 Å². The second kappa shape index (κ2) is 12.7. The molecule has 0 fully saturated rings. The zero-order valence-corrected chi connectivity index (χ0v) is 18.9. The predicted octanol–water partition coefficient (Wildman–Crippen LogP) is 5.27. The van der Waals surface area contributed by atoms with Crippen LogP contribution in [0.1, 0.15) is 80.6 Å². The van der Waals surface area contributed by atoms with Crippen LogP contribution in [0.2, 0.25) is 6.04 Å². The highest BCUT2D eigenvalue weighted by atomic mass is 28.4. The minimum Gasteiger partial charge on any atom is -0.460 e. The van der Waals surface area contributed by atoms with Crippen LogP contribution >= 0.6 is 0 Å². The van der Waals surface area contributed by atoms with Crippen molar-refractivity contribution in [2.75, 3.05) is 6.61 Å². The number of hydrogen-bond acceptors (Lipinski definition) is 5. The number of carbonyl (C=O) groups is 1. The van der Waals surface area contributed by atoms with E-state index < -0.39 is 20.4 Å². The van der Waals surface area contributed by atoms with Gasteiger partial charge in [0.2, 0.25) is 0 Å². The molecule has 0 aromatic rings. The maximum atomic E-state index is 11.6. The fourth-order valence-electron chi connectivity index (χ4n) is 2.55. The highest BCUT2D eigenvalue weighted by molar-refractivity contribution is 6.61. The molecule has 0 radical (unpaired) electrons. The van der Waals surface area contributed by atoms with Crippen LogP contribution in [-0.4, -0.2) is 39.2 Å². The van der Waals surface area contributed by atoms with Crippen molar-refractivity contribution in [1.29, 1.82) is 0 Å². The second-order valence-corrected chi connectivity index (χ2v) is 9.45. The van der Waals surface area contributed by atoms with Crippen LogP contribution in [0.4, 0.5) is 0 Å². The van der Waals surface area contributed by atoms with Crippen molar-refractivity contribution in [1.82, 2.24) is 0 Å². The first kappa shape index (κ1) is 25.3. The molecular formula is C20H40O5Si. The van der Waals surface area contributed by atoms with Gasteiger partial charge in [0.25, 0.3) is 0 Å². The molecule has 26 heavy (non-hydrogen) atoms. The summed E-state index contributed by atoms with van der Waals surface area (Å²) in [5.41, 5.74) is -0.610. The van der Waals surface area contributed by atoms with E-state index in [9.17, 15) is 4.79 Å². The van der Waals surface area contributed by atoms with Gasteiger partial charge >= 0.3 is 14.8 Å². The van der Waals surface area contributed by atoms with Gasteiger partial charge in [-0.25, -0.2) is 4.79 Å². The van der Waals surface area contributed by atoms with Crippen LogP contribution in [0.25, 0.3) is 0 Å². The summed E-state index contributed by atoms with van der Waals surface area (Å²) in [7, 11) is -2.94. The largest absolute Gasteiger partial charge is 0.501 e. The van der Waals surface area contributed by atoms with Gasteiger partial charge in [-0.3, -0.25) is 0 Å². The fraction of sp³-hybridized carbons (Fsp3) is 0.850. The van der Waals surface area contributed by atoms with E-state index >= 15 is 0 Å². The van der Waals surface area contributed by atoms with Crippen molar-refractivity contribution < 1.29 is 22.8 Å². The van der Waals surface area contributed by atoms with Gasteiger partial charge in [0, 0.05) is 24.3 Å². The first-order valence-electron chi connectivity index (χ1n) is 10.1. The van der Waals surface area contributed by atoms with Crippen molar-refractivity contribution in [3.05, 3.63) is 12.7 Å². The minimum absolute atomic E-state index is 0.0550. The number of ether oxygens (including phenoxy) is 1. The topological polar surface area (TPSA) is 54.0 Å². The van der Waals surface area contributed by atoms with Crippen LogP contribution in [0.5, 0.6) is 0 Å². The molecule has 0 saturated carbocycles. The Hall–Kier alpha value is -0.693. The Kier molecular flexibility index (Phi) is 12.3. The number of carbonyl (C=O) groups excluding carboxylic acids is 1. The minimum atomic E-state index is -2.94. The molecule has 0 spiro atoms. The van der Waals surface area contributed by atoms with Gasteiger partial charge in [-0.15, -0.1) is 0 Å². The van der Waals surface area contributed by atoms with Gasteiger partial charge in [-0.1, -0.05) is 47.6 Å². The Bertz CT molecular complexity index is 397. The zero-order valence-electron chi connectivity index (χ0n) is 17.9. The monoisotopic (exact) mass is 388 g/mol. The smallest absolute Gasteiger partial charge is 0.460 e. The number of hydrogen-bond donors (Lipinski definition) is 0. The first-order chi connectivity index (χ1) is 12.3. The lowest BCUT2D eigenvalue weighted by Crippen LogP contribution is -2.56. The van der Waals surface area contributed by atoms with Gasteiger partial charge in [0.05, 0.1) is 5.60 Å². The van der Waals surface area contributed by atoms with Gasteiger partial charge in [-0.05, 0) is 39.5 Å². The van der Waals surface area contributed by atoms with Gasteiger partial charge in [0.1, 0.15) is 6.61 Å². The highest BCUT2D eigenvalue weighted by Crippen LogP contribution is 2.32. The average Bonchev–Trinajstić information content (AvgIpc) is 2.64. The molecule has 0 aliphatic rings. The Balaban J connectivity index is 5.69. The van der Waals surface area contributed by atoms with Crippen LogP contribution in [0, 0.1) is 0 Å². The van der Waals surface area contributed by atoms with Gasteiger partial charge < -0.3 is 18.0 Å². The van der Waals surface area contributed by atoms with E-state index in [-0.39, 0.29) is 18.8 Å². The fourth-order valence-corrected chi connectivity index (χ4v) is 6.22. The number of esters is 1. The molecule has 0 aromatic heterocycles. The molecular weight excluding hydrogens is 348 g/mol. The third-order valence-electron chi connectivity index (χ3n) is 4.77. The highest BCUT2D eigenvalue weighted by Gasteiger charge is 2.49. The molecule has 0 bridgehead atoms. The molecule has 0 heterocycles. The van der Waals surface area contributed by atoms with Crippen molar-refractivity contribution in [3.63, 3.8) is 0 Å². The molecule has 2 atom stereocenters. The van der Waals surface area contributed by atoms with Crippen molar-refractivity contribution >= 4 is 14.8 Å². The summed E-state index contributed by atoms with van der Waals surface area (Å²) in [6.45, 7) is 18.1. The maximum absolute atomic E-state index is 11.6. The lowest BCUT2D eigenvalue weighted by atomic mass is 9.99. The Morgan fingerprint density at radius 2 is 1.54 bits per heavy atom. The predicted molar refractivity (Wildman–Crippen MR) is 108 cm³/mol.